The van der Waals surface area contributed by atoms with Crippen LogP contribution in [0, 0.1) is 13.8 Å². The van der Waals surface area contributed by atoms with Gasteiger partial charge >= 0.3 is 0 Å². The van der Waals surface area contributed by atoms with Gasteiger partial charge in [0.25, 0.3) is 0 Å². The number of benzene rings is 2. The SMILES string of the molecule is Cc1cccc(C)c1-n1nnnc1SCC(=O)c1ccc(NS(C)(=O)=O)cc1. The van der Waals surface area contributed by atoms with Crippen molar-refractivity contribution < 1.29 is 13.2 Å². The number of rotatable bonds is 7. The summed E-state index contributed by atoms with van der Waals surface area (Å²) >= 11 is 1.25. The van der Waals surface area contributed by atoms with Crippen LogP contribution < -0.4 is 4.72 Å². The fourth-order valence-corrected chi connectivity index (χ4v) is 4.04. The molecule has 3 rings (SSSR count). The van der Waals surface area contributed by atoms with E-state index in [1.807, 2.05) is 32.0 Å². The van der Waals surface area contributed by atoms with Gasteiger partial charge in [0, 0.05) is 11.3 Å². The summed E-state index contributed by atoms with van der Waals surface area (Å²) in [7, 11) is -3.35. The first-order chi connectivity index (χ1) is 13.2. The Morgan fingerprint density at radius 2 is 1.75 bits per heavy atom. The molecule has 0 saturated heterocycles. The number of ketones is 1. The van der Waals surface area contributed by atoms with Crippen molar-refractivity contribution in [3.05, 3.63) is 59.2 Å². The number of hydrogen-bond donors (Lipinski definition) is 1. The molecule has 0 spiro atoms. The van der Waals surface area contributed by atoms with Crippen LogP contribution in [0.1, 0.15) is 21.5 Å². The average Bonchev–Trinajstić information content (AvgIpc) is 3.07. The molecule has 1 heterocycles. The lowest BCUT2D eigenvalue weighted by molar-refractivity contribution is 0.102. The molecule has 8 nitrogen and oxygen atoms in total. The number of hydrogen-bond acceptors (Lipinski definition) is 7. The largest absolute Gasteiger partial charge is 0.293 e. The van der Waals surface area contributed by atoms with E-state index in [0.717, 1.165) is 23.1 Å². The maximum atomic E-state index is 12.5. The number of sulfonamides is 1. The summed E-state index contributed by atoms with van der Waals surface area (Å²) in [4.78, 5) is 12.5. The zero-order valence-corrected chi connectivity index (χ0v) is 17.2. The number of anilines is 1. The molecule has 1 N–H and O–H groups in total. The summed E-state index contributed by atoms with van der Waals surface area (Å²) in [5, 5.41) is 12.4. The lowest BCUT2D eigenvalue weighted by atomic mass is 10.1. The number of tetrazole rings is 1. The first kappa shape index (κ1) is 20.0. The number of Topliss-reactive ketones (excluding diaryl/α,β-unsaturated/α-hetero) is 1. The molecule has 0 atom stereocenters. The number of nitrogens with zero attached hydrogens (tertiary/aromatic N) is 4. The van der Waals surface area contributed by atoms with Crippen molar-refractivity contribution in [2.24, 2.45) is 0 Å². The van der Waals surface area contributed by atoms with Gasteiger partial charge in [-0.05, 0) is 59.7 Å². The van der Waals surface area contributed by atoms with Crippen LogP contribution in [0.25, 0.3) is 5.69 Å². The van der Waals surface area contributed by atoms with Gasteiger partial charge in [-0.1, -0.05) is 30.0 Å². The van der Waals surface area contributed by atoms with E-state index in [0.29, 0.717) is 16.4 Å². The summed E-state index contributed by atoms with van der Waals surface area (Å²) < 4.78 is 26.5. The molecule has 28 heavy (non-hydrogen) atoms. The molecule has 0 aliphatic rings. The monoisotopic (exact) mass is 417 g/mol. The van der Waals surface area contributed by atoms with Crippen molar-refractivity contribution in [3.63, 3.8) is 0 Å². The Kier molecular flexibility index (Phi) is 5.80. The number of para-hydroxylation sites is 1. The second-order valence-electron chi connectivity index (χ2n) is 6.28. The van der Waals surface area contributed by atoms with Gasteiger partial charge in [0.2, 0.25) is 15.2 Å². The molecule has 10 heteroatoms. The summed E-state index contributed by atoms with van der Waals surface area (Å²) in [6.45, 7) is 3.96. The zero-order chi connectivity index (χ0) is 20.3. The van der Waals surface area contributed by atoms with Gasteiger partial charge in [-0.3, -0.25) is 9.52 Å². The first-order valence-corrected chi connectivity index (χ1v) is 11.2. The molecule has 0 bridgehead atoms. The number of thioether (sulfide) groups is 1. The third kappa shape index (κ3) is 4.76. The Hall–Kier alpha value is -2.72. The highest BCUT2D eigenvalue weighted by atomic mass is 32.2. The minimum Gasteiger partial charge on any atom is -0.293 e. The van der Waals surface area contributed by atoms with Crippen LogP contribution >= 0.6 is 11.8 Å². The predicted molar refractivity (Wildman–Crippen MR) is 109 cm³/mol. The van der Waals surface area contributed by atoms with Gasteiger partial charge in [-0.2, -0.15) is 4.68 Å². The smallest absolute Gasteiger partial charge is 0.229 e. The van der Waals surface area contributed by atoms with Gasteiger partial charge < -0.3 is 0 Å². The summed E-state index contributed by atoms with van der Waals surface area (Å²) in [6, 6.07) is 12.2. The van der Waals surface area contributed by atoms with E-state index in [1.54, 1.807) is 28.9 Å². The van der Waals surface area contributed by atoms with Crippen molar-refractivity contribution in [1.82, 2.24) is 20.2 Å². The third-order valence-corrected chi connectivity index (χ3v) is 5.46. The lowest BCUT2D eigenvalue weighted by Crippen LogP contribution is -2.10. The number of nitrogens with one attached hydrogen (secondary N) is 1. The number of carbonyl (C=O) groups excluding carboxylic acids is 1. The molecule has 0 aliphatic heterocycles. The van der Waals surface area contributed by atoms with Crippen molar-refractivity contribution in [3.8, 4) is 5.69 Å². The minimum atomic E-state index is -3.35. The van der Waals surface area contributed by atoms with Gasteiger partial charge in [0.1, 0.15) is 0 Å². The first-order valence-electron chi connectivity index (χ1n) is 8.33. The maximum Gasteiger partial charge on any atom is 0.229 e. The number of aryl methyl sites for hydroxylation is 2. The highest BCUT2D eigenvalue weighted by molar-refractivity contribution is 7.99. The van der Waals surface area contributed by atoms with E-state index in [1.165, 1.54) is 11.8 Å². The molecule has 0 saturated carbocycles. The summed E-state index contributed by atoms with van der Waals surface area (Å²) in [6.07, 6.45) is 1.07. The molecule has 0 amide bonds. The van der Waals surface area contributed by atoms with Crippen molar-refractivity contribution in [1.29, 1.82) is 0 Å². The van der Waals surface area contributed by atoms with Gasteiger partial charge in [-0.25, -0.2) is 8.42 Å². The third-order valence-electron chi connectivity index (χ3n) is 3.93. The Balaban J connectivity index is 1.72. The molecule has 0 aliphatic carbocycles. The second kappa shape index (κ2) is 8.11. The van der Waals surface area contributed by atoms with Crippen LogP contribution in [-0.4, -0.2) is 46.4 Å². The second-order valence-corrected chi connectivity index (χ2v) is 8.97. The van der Waals surface area contributed by atoms with E-state index < -0.39 is 10.0 Å². The fourth-order valence-electron chi connectivity index (χ4n) is 2.70. The molecular weight excluding hydrogens is 398 g/mol. The molecule has 0 unspecified atom stereocenters. The minimum absolute atomic E-state index is 0.105. The van der Waals surface area contributed by atoms with Crippen LogP contribution in [0.3, 0.4) is 0 Å². The van der Waals surface area contributed by atoms with Gasteiger partial charge in [-0.15, -0.1) is 5.10 Å². The normalized spacial score (nSPS) is 11.4. The molecule has 2 aromatic carbocycles. The lowest BCUT2D eigenvalue weighted by Gasteiger charge is -2.10. The topological polar surface area (TPSA) is 107 Å². The molecule has 146 valence electrons. The van der Waals surface area contributed by atoms with Crippen LogP contribution in [-0.2, 0) is 10.0 Å². The fraction of sp³-hybridized carbons (Fsp3) is 0.222. The van der Waals surface area contributed by atoms with Crippen LogP contribution in [0.5, 0.6) is 0 Å². The Labute approximate surface area is 167 Å². The average molecular weight is 418 g/mol. The van der Waals surface area contributed by atoms with E-state index in [-0.39, 0.29) is 11.5 Å². The molecular formula is C18H19N5O3S2. The van der Waals surface area contributed by atoms with Gasteiger partial charge in [0.05, 0.1) is 17.7 Å². The highest BCUT2D eigenvalue weighted by Gasteiger charge is 2.15. The molecule has 3 aromatic rings. The van der Waals surface area contributed by atoms with E-state index in [2.05, 4.69) is 20.2 Å². The van der Waals surface area contributed by atoms with Crippen LogP contribution in [0.2, 0.25) is 0 Å². The van der Waals surface area contributed by atoms with E-state index in [4.69, 9.17) is 0 Å². The Bertz CT molecular complexity index is 1090. The Morgan fingerprint density at radius 3 is 2.36 bits per heavy atom. The Morgan fingerprint density at radius 1 is 1.11 bits per heavy atom. The summed E-state index contributed by atoms with van der Waals surface area (Å²) in [5.41, 5.74) is 3.87. The quantitative estimate of drug-likeness (QED) is 0.465. The predicted octanol–water partition coefficient (Wildman–Crippen LogP) is 2.63. The number of carbonyl (C=O) groups is 1. The van der Waals surface area contributed by atoms with Gasteiger partial charge in [0.15, 0.2) is 5.78 Å². The standard InChI is InChI=1S/C18H19N5O3S2/c1-12-5-4-6-13(2)17(12)23-18(19-21-22-23)27-11-16(24)14-7-9-15(10-8-14)20-28(3,25)26/h4-10,20H,11H2,1-3H3. The van der Waals surface area contributed by atoms with Crippen LogP contribution in [0.15, 0.2) is 47.6 Å². The van der Waals surface area contributed by atoms with Crippen molar-refractivity contribution >= 4 is 33.3 Å². The maximum absolute atomic E-state index is 12.5. The number of aromatic nitrogens is 4. The van der Waals surface area contributed by atoms with Crippen molar-refractivity contribution in [2.75, 3.05) is 16.7 Å². The zero-order valence-electron chi connectivity index (χ0n) is 15.6. The molecule has 1 aromatic heterocycles. The van der Waals surface area contributed by atoms with Crippen LogP contribution in [0.4, 0.5) is 5.69 Å². The summed E-state index contributed by atoms with van der Waals surface area (Å²) in [5.74, 6) is 0.0522. The van der Waals surface area contributed by atoms with E-state index in [9.17, 15) is 13.2 Å². The molecule has 0 fully saturated rings. The van der Waals surface area contributed by atoms with Crippen molar-refractivity contribution in [2.45, 2.75) is 19.0 Å². The molecule has 0 radical (unpaired) electrons. The highest BCUT2D eigenvalue weighted by Crippen LogP contribution is 2.24. The van der Waals surface area contributed by atoms with E-state index >= 15 is 0 Å².